The number of rotatable bonds is 4. The third-order valence-electron chi connectivity index (χ3n) is 2.24. The van der Waals surface area contributed by atoms with Crippen LogP contribution in [-0.2, 0) is 6.54 Å². The van der Waals surface area contributed by atoms with E-state index in [0.717, 1.165) is 21.9 Å². The van der Waals surface area contributed by atoms with E-state index in [1.807, 2.05) is 30.5 Å². The first-order chi connectivity index (χ1) is 7.85. The molecule has 0 saturated heterocycles. The Morgan fingerprint density at radius 3 is 3.00 bits per heavy atom. The SMILES string of the molecule is CCOc1cnc(-c2cccs2)cc1CN. The fourth-order valence-corrected chi connectivity index (χ4v) is 2.18. The zero-order valence-corrected chi connectivity index (χ0v) is 9.96. The van der Waals surface area contributed by atoms with Crippen molar-refractivity contribution in [1.29, 1.82) is 0 Å². The molecular weight excluding hydrogens is 220 g/mol. The zero-order valence-electron chi connectivity index (χ0n) is 9.14. The lowest BCUT2D eigenvalue weighted by Gasteiger charge is -2.09. The zero-order chi connectivity index (χ0) is 11.4. The summed E-state index contributed by atoms with van der Waals surface area (Å²) in [6.45, 7) is 3.05. The molecule has 0 fully saturated rings. The minimum atomic E-state index is 0.468. The summed E-state index contributed by atoms with van der Waals surface area (Å²) in [6, 6.07) is 6.06. The highest BCUT2D eigenvalue weighted by atomic mass is 32.1. The molecule has 16 heavy (non-hydrogen) atoms. The molecule has 0 aliphatic heterocycles. The van der Waals surface area contributed by atoms with Crippen molar-refractivity contribution < 1.29 is 4.74 Å². The Labute approximate surface area is 98.9 Å². The van der Waals surface area contributed by atoms with Crippen LogP contribution in [0.1, 0.15) is 12.5 Å². The van der Waals surface area contributed by atoms with Crippen LogP contribution < -0.4 is 10.5 Å². The van der Waals surface area contributed by atoms with E-state index in [1.165, 1.54) is 0 Å². The van der Waals surface area contributed by atoms with Gasteiger partial charge in [0.05, 0.1) is 23.4 Å². The van der Waals surface area contributed by atoms with Gasteiger partial charge in [0, 0.05) is 12.1 Å². The molecule has 2 aromatic rings. The second kappa shape index (κ2) is 5.09. The fraction of sp³-hybridized carbons (Fsp3) is 0.250. The van der Waals surface area contributed by atoms with Crippen LogP contribution in [0.5, 0.6) is 5.75 Å². The first-order valence-corrected chi connectivity index (χ1v) is 6.08. The Morgan fingerprint density at radius 2 is 2.38 bits per heavy atom. The molecule has 0 spiro atoms. The summed E-state index contributed by atoms with van der Waals surface area (Å²) in [5.74, 6) is 0.783. The smallest absolute Gasteiger partial charge is 0.142 e. The maximum Gasteiger partial charge on any atom is 0.142 e. The van der Waals surface area contributed by atoms with Crippen molar-refractivity contribution in [3.63, 3.8) is 0 Å². The molecule has 0 aliphatic rings. The van der Waals surface area contributed by atoms with Gasteiger partial charge in [-0.05, 0) is 24.4 Å². The summed E-state index contributed by atoms with van der Waals surface area (Å²) >= 11 is 1.67. The van der Waals surface area contributed by atoms with Gasteiger partial charge in [-0.1, -0.05) is 6.07 Å². The van der Waals surface area contributed by atoms with Crippen LogP contribution in [-0.4, -0.2) is 11.6 Å². The predicted molar refractivity (Wildman–Crippen MR) is 66.6 cm³/mol. The number of hydrogen-bond donors (Lipinski definition) is 1. The lowest BCUT2D eigenvalue weighted by atomic mass is 10.2. The van der Waals surface area contributed by atoms with E-state index in [1.54, 1.807) is 17.5 Å². The van der Waals surface area contributed by atoms with Crippen LogP contribution in [0.4, 0.5) is 0 Å². The summed E-state index contributed by atoms with van der Waals surface area (Å²) in [5, 5.41) is 2.04. The van der Waals surface area contributed by atoms with Gasteiger partial charge in [-0.25, -0.2) is 0 Å². The molecule has 2 aromatic heterocycles. The molecule has 3 nitrogen and oxygen atoms in total. The van der Waals surface area contributed by atoms with Crippen molar-refractivity contribution in [1.82, 2.24) is 4.98 Å². The summed E-state index contributed by atoms with van der Waals surface area (Å²) in [5.41, 5.74) is 7.66. The Hall–Kier alpha value is -1.39. The quantitative estimate of drug-likeness (QED) is 0.884. The molecule has 2 heterocycles. The average molecular weight is 234 g/mol. The van der Waals surface area contributed by atoms with Crippen LogP contribution in [0.3, 0.4) is 0 Å². The van der Waals surface area contributed by atoms with Crippen LogP contribution in [0.2, 0.25) is 0 Å². The minimum Gasteiger partial charge on any atom is -0.492 e. The lowest BCUT2D eigenvalue weighted by Crippen LogP contribution is -2.03. The molecule has 0 aromatic carbocycles. The number of thiophene rings is 1. The highest BCUT2D eigenvalue weighted by molar-refractivity contribution is 7.13. The van der Waals surface area contributed by atoms with Crippen LogP contribution >= 0.6 is 11.3 Å². The second-order valence-electron chi connectivity index (χ2n) is 3.29. The lowest BCUT2D eigenvalue weighted by molar-refractivity contribution is 0.335. The maximum absolute atomic E-state index is 5.70. The highest BCUT2D eigenvalue weighted by Crippen LogP contribution is 2.27. The number of pyridine rings is 1. The van der Waals surface area contributed by atoms with E-state index in [2.05, 4.69) is 4.98 Å². The molecule has 0 amide bonds. The molecule has 84 valence electrons. The van der Waals surface area contributed by atoms with Crippen molar-refractivity contribution in [2.75, 3.05) is 6.61 Å². The minimum absolute atomic E-state index is 0.468. The van der Waals surface area contributed by atoms with Crippen LogP contribution in [0.15, 0.2) is 29.8 Å². The van der Waals surface area contributed by atoms with E-state index >= 15 is 0 Å². The fourth-order valence-electron chi connectivity index (χ4n) is 1.49. The van der Waals surface area contributed by atoms with Crippen LogP contribution in [0, 0.1) is 0 Å². The third-order valence-corrected chi connectivity index (χ3v) is 3.13. The molecule has 0 radical (unpaired) electrons. The van der Waals surface area contributed by atoms with Gasteiger partial charge in [-0.3, -0.25) is 4.98 Å². The number of ether oxygens (including phenoxy) is 1. The van der Waals surface area contributed by atoms with E-state index in [9.17, 15) is 0 Å². The molecule has 2 rings (SSSR count). The molecule has 0 saturated carbocycles. The Morgan fingerprint density at radius 1 is 1.50 bits per heavy atom. The maximum atomic E-state index is 5.70. The summed E-state index contributed by atoms with van der Waals surface area (Å²) in [7, 11) is 0. The second-order valence-corrected chi connectivity index (χ2v) is 4.24. The molecule has 0 bridgehead atoms. The summed E-state index contributed by atoms with van der Waals surface area (Å²) in [6.07, 6.45) is 1.75. The average Bonchev–Trinajstić information content (AvgIpc) is 2.83. The van der Waals surface area contributed by atoms with Gasteiger partial charge in [0.25, 0.3) is 0 Å². The molecule has 2 N–H and O–H groups in total. The van der Waals surface area contributed by atoms with Crippen molar-refractivity contribution in [3.8, 4) is 16.3 Å². The van der Waals surface area contributed by atoms with E-state index in [0.29, 0.717) is 13.2 Å². The largest absolute Gasteiger partial charge is 0.492 e. The summed E-state index contributed by atoms with van der Waals surface area (Å²) < 4.78 is 5.46. The van der Waals surface area contributed by atoms with Gasteiger partial charge in [0.1, 0.15) is 5.75 Å². The van der Waals surface area contributed by atoms with E-state index < -0.39 is 0 Å². The highest BCUT2D eigenvalue weighted by Gasteiger charge is 2.06. The molecule has 0 unspecified atom stereocenters. The van der Waals surface area contributed by atoms with Crippen molar-refractivity contribution in [2.45, 2.75) is 13.5 Å². The Kier molecular flexibility index (Phi) is 3.54. The number of nitrogens with two attached hydrogens (primary N) is 1. The van der Waals surface area contributed by atoms with Crippen molar-refractivity contribution in [2.24, 2.45) is 5.73 Å². The number of nitrogens with zero attached hydrogens (tertiary/aromatic N) is 1. The predicted octanol–water partition coefficient (Wildman–Crippen LogP) is 2.67. The van der Waals surface area contributed by atoms with E-state index in [-0.39, 0.29) is 0 Å². The molecule has 4 heteroatoms. The molecule has 0 aliphatic carbocycles. The Bertz CT molecular complexity index is 454. The van der Waals surface area contributed by atoms with Crippen LogP contribution in [0.25, 0.3) is 10.6 Å². The van der Waals surface area contributed by atoms with E-state index in [4.69, 9.17) is 10.5 Å². The van der Waals surface area contributed by atoms with Gasteiger partial charge in [-0.2, -0.15) is 0 Å². The molecular formula is C12H14N2OS. The van der Waals surface area contributed by atoms with Gasteiger partial charge >= 0.3 is 0 Å². The Balaban J connectivity index is 2.36. The third kappa shape index (κ3) is 2.23. The van der Waals surface area contributed by atoms with Gasteiger partial charge in [0.15, 0.2) is 0 Å². The molecule has 0 atom stereocenters. The first kappa shape index (κ1) is 11.1. The van der Waals surface area contributed by atoms with Gasteiger partial charge < -0.3 is 10.5 Å². The topological polar surface area (TPSA) is 48.1 Å². The normalized spacial score (nSPS) is 10.4. The van der Waals surface area contributed by atoms with Crippen molar-refractivity contribution >= 4 is 11.3 Å². The monoisotopic (exact) mass is 234 g/mol. The van der Waals surface area contributed by atoms with Crippen molar-refractivity contribution in [3.05, 3.63) is 35.3 Å². The standard InChI is InChI=1S/C12H14N2OS/c1-2-15-11-8-14-10(6-9(11)7-13)12-4-3-5-16-12/h3-6,8H,2,7,13H2,1H3. The van der Waals surface area contributed by atoms with Gasteiger partial charge in [0.2, 0.25) is 0 Å². The summed E-state index contributed by atoms with van der Waals surface area (Å²) in [4.78, 5) is 5.53. The first-order valence-electron chi connectivity index (χ1n) is 5.20. The van der Waals surface area contributed by atoms with Gasteiger partial charge in [-0.15, -0.1) is 11.3 Å². The number of aromatic nitrogens is 1. The number of hydrogen-bond acceptors (Lipinski definition) is 4.